The third kappa shape index (κ3) is 3.19. The third-order valence-electron chi connectivity index (χ3n) is 6.09. The molecular weight excluding hydrogens is 358 g/mol. The first-order valence-corrected chi connectivity index (χ1v) is 10.5. The maximum Gasteiger partial charge on any atom is 0.243 e. The van der Waals surface area contributed by atoms with E-state index in [1.54, 1.807) is 0 Å². The van der Waals surface area contributed by atoms with Crippen LogP contribution >= 0.6 is 0 Å². The molecule has 0 spiro atoms. The highest BCUT2D eigenvalue weighted by Crippen LogP contribution is 2.33. The topological polar surface area (TPSA) is 46.9 Å². The lowest BCUT2D eigenvalue weighted by atomic mass is 10.0. The van der Waals surface area contributed by atoms with E-state index in [4.69, 9.17) is 4.98 Å². The van der Waals surface area contributed by atoms with Crippen molar-refractivity contribution in [3.05, 3.63) is 66.7 Å². The average Bonchev–Trinajstić information content (AvgIpc) is 3.40. The van der Waals surface area contributed by atoms with E-state index >= 15 is 0 Å². The van der Waals surface area contributed by atoms with Crippen molar-refractivity contribution in [3.63, 3.8) is 0 Å². The first-order chi connectivity index (χ1) is 14.2. The molecule has 1 aromatic heterocycles. The van der Waals surface area contributed by atoms with E-state index in [9.17, 15) is 4.79 Å². The second-order valence-electron chi connectivity index (χ2n) is 7.99. The molecule has 29 heavy (non-hydrogen) atoms. The normalized spacial score (nSPS) is 15.8. The quantitative estimate of drug-likeness (QED) is 0.507. The predicted molar refractivity (Wildman–Crippen MR) is 118 cm³/mol. The van der Waals surface area contributed by atoms with Gasteiger partial charge in [-0.05, 0) is 42.7 Å². The fraction of sp³-hybridized carbons (Fsp3) is 0.280. The highest BCUT2D eigenvalue weighted by molar-refractivity contribution is 5.97. The number of hydrogen-bond donors (Lipinski definition) is 1. The number of imidazole rings is 1. The van der Waals surface area contributed by atoms with Crippen molar-refractivity contribution < 1.29 is 4.79 Å². The molecule has 1 saturated carbocycles. The van der Waals surface area contributed by atoms with Gasteiger partial charge in [0.1, 0.15) is 11.9 Å². The molecule has 1 unspecified atom stereocenters. The van der Waals surface area contributed by atoms with Crippen LogP contribution in [0.15, 0.2) is 66.7 Å². The average molecular weight is 383 g/mol. The van der Waals surface area contributed by atoms with Crippen LogP contribution in [0.3, 0.4) is 0 Å². The van der Waals surface area contributed by atoms with Gasteiger partial charge >= 0.3 is 0 Å². The van der Waals surface area contributed by atoms with Gasteiger partial charge in [-0.1, -0.05) is 67.4 Å². The lowest BCUT2D eigenvalue weighted by Crippen LogP contribution is -2.37. The Bertz CT molecular complexity index is 1180. The van der Waals surface area contributed by atoms with Crippen LogP contribution in [0.1, 0.15) is 38.6 Å². The maximum absolute atomic E-state index is 13.1. The number of carbonyl (C=O) groups is 1. The largest absolute Gasteiger partial charge is 0.352 e. The molecule has 3 aromatic carbocycles. The number of rotatable bonds is 4. The minimum atomic E-state index is -0.336. The fourth-order valence-electron chi connectivity index (χ4n) is 4.56. The number of aromatic nitrogens is 2. The molecule has 1 N–H and O–H groups in total. The molecule has 1 amide bonds. The predicted octanol–water partition coefficient (Wildman–Crippen LogP) is 5.48. The Morgan fingerprint density at radius 2 is 1.72 bits per heavy atom. The molecule has 4 aromatic rings. The van der Waals surface area contributed by atoms with Gasteiger partial charge in [0.05, 0.1) is 11.0 Å². The number of carbonyl (C=O) groups excluding carboxylic acids is 1. The zero-order chi connectivity index (χ0) is 19.8. The Labute approximate surface area is 170 Å². The summed E-state index contributed by atoms with van der Waals surface area (Å²) in [4.78, 5) is 18.1. The highest BCUT2D eigenvalue weighted by Gasteiger charge is 2.26. The number of para-hydroxylation sites is 2. The molecule has 1 atom stereocenters. The molecule has 0 saturated heterocycles. The van der Waals surface area contributed by atoms with E-state index in [1.165, 1.54) is 18.2 Å². The molecular formula is C25H25N3O. The Morgan fingerprint density at radius 3 is 2.59 bits per heavy atom. The van der Waals surface area contributed by atoms with Gasteiger partial charge in [0, 0.05) is 11.6 Å². The first-order valence-electron chi connectivity index (χ1n) is 10.5. The maximum atomic E-state index is 13.1. The Hall–Kier alpha value is -3.14. The SMILES string of the molecule is CC(C(=O)NC1CCCC1)n1c(-c2cccc3ccccc23)nc2ccccc21. The van der Waals surface area contributed by atoms with Crippen molar-refractivity contribution in [2.75, 3.05) is 0 Å². The van der Waals surface area contributed by atoms with Crippen LogP contribution in [0.4, 0.5) is 0 Å². The lowest BCUT2D eigenvalue weighted by Gasteiger charge is -2.20. The van der Waals surface area contributed by atoms with E-state index in [1.807, 2.05) is 31.2 Å². The van der Waals surface area contributed by atoms with Crippen LogP contribution in [0.25, 0.3) is 33.2 Å². The van der Waals surface area contributed by atoms with Crippen LogP contribution in [-0.2, 0) is 4.79 Å². The van der Waals surface area contributed by atoms with Crippen molar-refractivity contribution >= 4 is 27.7 Å². The van der Waals surface area contributed by atoms with Crippen molar-refractivity contribution in [2.24, 2.45) is 0 Å². The fourth-order valence-corrected chi connectivity index (χ4v) is 4.56. The van der Waals surface area contributed by atoms with Gasteiger partial charge in [-0.15, -0.1) is 0 Å². The van der Waals surface area contributed by atoms with E-state index in [2.05, 4.69) is 52.3 Å². The monoisotopic (exact) mass is 383 g/mol. The third-order valence-corrected chi connectivity index (χ3v) is 6.09. The summed E-state index contributed by atoms with van der Waals surface area (Å²) in [5.74, 6) is 0.915. The summed E-state index contributed by atoms with van der Waals surface area (Å²) in [6, 6.07) is 22.6. The summed E-state index contributed by atoms with van der Waals surface area (Å²) in [5, 5.41) is 5.58. The number of amides is 1. The van der Waals surface area contributed by atoms with Gasteiger partial charge in [0.25, 0.3) is 0 Å². The molecule has 0 bridgehead atoms. The van der Waals surface area contributed by atoms with Gasteiger partial charge in [-0.2, -0.15) is 0 Å². The van der Waals surface area contributed by atoms with Gasteiger partial charge in [-0.3, -0.25) is 4.79 Å². The van der Waals surface area contributed by atoms with Crippen LogP contribution < -0.4 is 5.32 Å². The zero-order valence-electron chi connectivity index (χ0n) is 16.6. The minimum absolute atomic E-state index is 0.0709. The van der Waals surface area contributed by atoms with Crippen LogP contribution in [-0.4, -0.2) is 21.5 Å². The smallest absolute Gasteiger partial charge is 0.243 e. The zero-order valence-corrected chi connectivity index (χ0v) is 16.6. The molecule has 0 aliphatic heterocycles. The number of benzene rings is 3. The summed E-state index contributed by atoms with van der Waals surface area (Å²) in [5.41, 5.74) is 2.96. The van der Waals surface area contributed by atoms with Crippen LogP contribution in [0.2, 0.25) is 0 Å². The molecule has 1 aliphatic rings. The van der Waals surface area contributed by atoms with E-state index in [0.29, 0.717) is 6.04 Å². The second kappa shape index (κ2) is 7.36. The van der Waals surface area contributed by atoms with E-state index < -0.39 is 0 Å². The Kier molecular flexibility index (Phi) is 4.55. The van der Waals surface area contributed by atoms with Gasteiger partial charge in [-0.25, -0.2) is 4.98 Å². The summed E-state index contributed by atoms with van der Waals surface area (Å²) >= 11 is 0. The molecule has 146 valence electrons. The summed E-state index contributed by atoms with van der Waals surface area (Å²) in [7, 11) is 0. The molecule has 5 rings (SSSR count). The van der Waals surface area contributed by atoms with E-state index in [-0.39, 0.29) is 11.9 Å². The highest BCUT2D eigenvalue weighted by atomic mass is 16.2. The van der Waals surface area contributed by atoms with Crippen molar-refractivity contribution in [2.45, 2.75) is 44.7 Å². The number of fused-ring (bicyclic) bond motifs is 2. The van der Waals surface area contributed by atoms with E-state index in [0.717, 1.165) is 40.6 Å². The van der Waals surface area contributed by atoms with Gasteiger partial charge in [0.2, 0.25) is 5.91 Å². The van der Waals surface area contributed by atoms with Crippen molar-refractivity contribution in [3.8, 4) is 11.4 Å². The summed E-state index contributed by atoms with van der Waals surface area (Å²) < 4.78 is 2.10. The molecule has 1 heterocycles. The summed E-state index contributed by atoms with van der Waals surface area (Å²) in [6.07, 6.45) is 4.57. The molecule has 4 heteroatoms. The van der Waals surface area contributed by atoms with Gasteiger partial charge in [0.15, 0.2) is 0 Å². The minimum Gasteiger partial charge on any atom is -0.352 e. The molecule has 1 aliphatic carbocycles. The number of nitrogens with one attached hydrogen (secondary N) is 1. The summed E-state index contributed by atoms with van der Waals surface area (Å²) in [6.45, 7) is 1.98. The molecule has 0 radical (unpaired) electrons. The Balaban J connectivity index is 1.65. The van der Waals surface area contributed by atoms with Crippen LogP contribution in [0.5, 0.6) is 0 Å². The molecule has 4 nitrogen and oxygen atoms in total. The van der Waals surface area contributed by atoms with Crippen LogP contribution in [0, 0.1) is 0 Å². The standard InChI is InChI=1S/C25H25N3O/c1-17(25(29)26-19-11-3-4-12-19)28-23-16-7-6-15-22(23)27-24(28)21-14-8-10-18-9-2-5-13-20(18)21/h2,5-10,13-17,19H,3-4,11-12H2,1H3,(H,26,29). The van der Waals surface area contributed by atoms with Crippen molar-refractivity contribution in [1.82, 2.24) is 14.9 Å². The second-order valence-corrected chi connectivity index (χ2v) is 7.99. The first kappa shape index (κ1) is 17.9. The lowest BCUT2D eigenvalue weighted by molar-refractivity contribution is -0.124. The molecule has 1 fully saturated rings. The Morgan fingerprint density at radius 1 is 1.00 bits per heavy atom. The van der Waals surface area contributed by atoms with Crippen molar-refractivity contribution in [1.29, 1.82) is 0 Å². The van der Waals surface area contributed by atoms with Gasteiger partial charge < -0.3 is 9.88 Å². The number of nitrogens with zero attached hydrogens (tertiary/aromatic N) is 2. The number of hydrogen-bond acceptors (Lipinski definition) is 2.